The highest BCUT2D eigenvalue weighted by molar-refractivity contribution is 6.00. The van der Waals surface area contributed by atoms with Gasteiger partial charge in [-0.3, -0.25) is 0 Å². The number of phenolic OH excluding ortho intramolecular Hbond substituents is 1. The molecule has 5 aromatic carbocycles. The smallest absolute Gasteiger partial charge is 0.227 e. The maximum Gasteiger partial charge on any atom is 0.227 e. The van der Waals surface area contributed by atoms with Gasteiger partial charge in [0, 0.05) is 11.1 Å². The van der Waals surface area contributed by atoms with Gasteiger partial charge in [0.15, 0.2) is 5.58 Å². The van der Waals surface area contributed by atoms with Gasteiger partial charge in [-0.1, -0.05) is 72.8 Å². The SMILES string of the molecule is Oc1ccc2ccccc2c1-c1cccc(-c2ccc3nc(-c4ccccc4)oc3c2)c1. The van der Waals surface area contributed by atoms with Gasteiger partial charge in [0.1, 0.15) is 11.3 Å². The first kappa shape index (κ1) is 18.4. The fourth-order valence-electron chi connectivity index (χ4n) is 4.23. The first-order valence-corrected chi connectivity index (χ1v) is 10.5. The molecule has 0 aliphatic heterocycles. The van der Waals surface area contributed by atoms with Crippen LogP contribution >= 0.6 is 0 Å². The van der Waals surface area contributed by atoms with E-state index in [1.807, 2.05) is 78.9 Å². The summed E-state index contributed by atoms with van der Waals surface area (Å²) in [4.78, 5) is 4.63. The lowest BCUT2D eigenvalue weighted by molar-refractivity contribution is 0.478. The van der Waals surface area contributed by atoms with E-state index >= 15 is 0 Å². The zero-order chi connectivity index (χ0) is 21.5. The molecule has 3 nitrogen and oxygen atoms in total. The molecule has 0 saturated heterocycles. The van der Waals surface area contributed by atoms with Crippen molar-refractivity contribution in [2.75, 3.05) is 0 Å². The molecule has 1 heterocycles. The summed E-state index contributed by atoms with van der Waals surface area (Å²) >= 11 is 0. The molecule has 0 amide bonds. The Hall–Kier alpha value is -4.37. The molecule has 0 saturated carbocycles. The van der Waals surface area contributed by atoms with E-state index in [9.17, 15) is 5.11 Å². The molecule has 0 spiro atoms. The molecule has 6 aromatic rings. The van der Waals surface area contributed by atoms with E-state index in [2.05, 4.69) is 29.2 Å². The van der Waals surface area contributed by atoms with Gasteiger partial charge in [0.2, 0.25) is 5.89 Å². The highest BCUT2D eigenvalue weighted by atomic mass is 16.3. The minimum atomic E-state index is 0.277. The van der Waals surface area contributed by atoms with Crippen molar-refractivity contribution >= 4 is 21.9 Å². The van der Waals surface area contributed by atoms with Crippen molar-refractivity contribution in [2.45, 2.75) is 0 Å². The van der Waals surface area contributed by atoms with Crippen molar-refractivity contribution in [3.8, 4) is 39.5 Å². The Morgan fingerprint density at radius 3 is 2.25 bits per heavy atom. The molecule has 0 aliphatic carbocycles. The van der Waals surface area contributed by atoms with Gasteiger partial charge in [0.05, 0.1) is 0 Å². The molecule has 6 rings (SSSR count). The number of benzene rings is 5. The largest absolute Gasteiger partial charge is 0.507 e. The molecule has 0 unspecified atom stereocenters. The lowest BCUT2D eigenvalue weighted by Crippen LogP contribution is -1.85. The average Bonchev–Trinajstić information content (AvgIpc) is 3.28. The Labute approximate surface area is 185 Å². The number of phenols is 1. The van der Waals surface area contributed by atoms with E-state index in [1.165, 1.54) is 0 Å². The molecule has 1 aromatic heterocycles. The number of aromatic hydroxyl groups is 1. The standard InChI is InChI=1S/C29H19NO2/c31-26-16-14-19-7-4-5-12-24(19)28(26)23-11-6-10-21(17-23)22-13-15-25-27(18-22)32-29(30-25)20-8-2-1-3-9-20/h1-18,31H. The summed E-state index contributed by atoms with van der Waals surface area (Å²) in [6.07, 6.45) is 0. The van der Waals surface area contributed by atoms with Crippen LogP contribution in [-0.2, 0) is 0 Å². The summed E-state index contributed by atoms with van der Waals surface area (Å²) < 4.78 is 6.06. The van der Waals surface area contributed by atoms with Crippen LogP contribution in [-0.4, -0.2) is 10.1 Å². The third-order valence-electron chi connectivity index (χ3n) is 5.80. The second kappa shape index (κ2) is 7.40. The average molecular weight is 413 g/mol. The van der Waals surface area contributed by atoms with E-state index < -0.39 is 0 Å². The predicted octanol–water partition coefficient (Wildman–Crippen LogP) is 7.69. The Balaban J connectivity index is 1.45. The summed E-state index contributed by atoms with van der Waals surface area (Å²) in [7, 11) is 0. The second-order valence-electron chi connectivity index (χ2n) is 7.83. The monoisotopic (exact) mass is 413 g/mol. The first-order chi connectivity index (χ1) is 15.8. The molecule has 0 bridgehead atoms. The van der Waals surface area contributed by atoms with Crippen LogP contribution in [0.15, 0.2) is 114 Å². The van der Waals surface area contributed by atoms with Crippen molar-refractivity contribution in [3.63, 3.8) is 0 Å². The Morgan fingerprint density at radius 2 is 1.34 bits per heavy atom. The summed E-state index contributed by atoms with van der Waals surface area (Å²) in [6, 6.07) is 36.0. The predicted molar refractivity (Wildman–Crippen MR) is 129 cm³/mol. The maximum atomic E-state index is 10.7. The fraction of sp³-hybridized carbons (Fsp3) is 0. The number of oxazole rings is 1. The van der Waals surface area contributed by atoms with E-state index in [4.69, 9.17) is 4.42 Å². The Morgan fingerprint density at radius 1 is 0.594 bits per heavy atom. The van der Waals surface area contributed by atoms with E-state index in [0.717, 1.165) is 49.7 Å². The highest BCUT2D eigenvalue weighted by Crippen LogP contribution is 2.38. The van der Waals surface area contributed by atoms with Crippen LogP contribution in [0.1, 0.15) is 0 Å². The zero-order valence-electron chi connectivity index (χ0n) is 17.2. The van der Waals surface area contributed by atoms with Crippen LogP contribution in [0.4, 0.5) is 0 Å². The van der Waals surface area contributed by atoms with Gasteiger partial charge in [0.25, 0.3) is 0 Å². The summed E-state index contributed by atoms with van der Waals surface area (Å²) in [5.41, 5.74) is 6.44. The number of fused-ring (bicyclic) bond motifs is 2. The Kier molecular flexibility index (Phi) is 4.25. The molecule has 0 fully saturated rings. The normalized spacial score (nSPS) is 11.2. The zero-order valence-corrected chi connectivity index (χ0v) is 17.2. The van der Waals surface area contributed by atoms with Crippen LogP contribution < -0.4 is 0 Å². The fourth-order valence-corrected chi connectivity index (χ4v) is 4.23. The topological polar surface area (TPSA) is 46.3 Å². The van der Waals surface area contributed by atoms with Crippen molar-refractivity contribution < 1.29 is 9.52 Å². The van der Waals surface area contributed by atoms with Crippen LogP contribution in [0.3, 0.4) is 0 Å². The number of nitrogens with zero attached hydrogens (tertiary/aromatic N) is 1. The maximum absolute atomic E-state index is 10.7. The van der Waals surface area contributed by atoms with Crippen LogP contribution in [0, 0.1) is 0 Å². The number of hydrogen-bond acceptors (Lipinski definition) is 3. The third-order valence-corrected chi connectivity index (χ3v) is 5.80. The van der Waals surface area contributed by atoms with E-state index in [-0.39, 0.29) is 5.75 Å². The Bertz CT molecular complexity index is 1580. The van der Waals surface area contributed by atoms with Crippen molar-refractivity contribution in [1.82, 2.24) is 4.98 Å². The molecule has 152 valence electrons. The number of hydrogen-bond donors (Lipinski definition) is 1. The highest BCUT2D eigenvalue weighted by Gasteiger charge is 2.12. The number of aromatic nitrogens is 1. The van der Waals surface area contributed by atoms with Crippen molar-refractivity contribution in [3.05, 3.63) is 109 Å². The number of rotatable bonds is 3. The van der Waals surface area contributed by atoms with Gasteiger partial charge in [-0.2, -0.15) is 0 Å². The van der Waals surface area contributed by atoms with Crippen LogP contribution in [0.5, 0.6) is 5.75 Å². The summed E-state index contributed by atoms with van der Waals surface area (Å²) in [6.45, 7) is 0. The van der Waals surface area contributed by atoms with E-state index in [0.29, 0.717) is 5.89 Å². The second-order valence-corrected chi connectivity index (χ2v) is 7.83. The van der Waals surface area contributed by atoms with Crippen LogP contribution in [0.2, 0.25) is 0 Å². The third kappa shape index (κ3) is 3.12. The first-order valence-electron chi connectivity index (χ1n) is 10.5. The minimum absolute atomic E-state index is 0.277. The molecular formula is C29H19NO2. The van der Waals surface area contributed by atoms with Gasteiger partial charge >= 0.3 is 0 Å². The molecule has 3 heteroatoms. The lowest BCUT2D eigenvalue weighted by atomic mass is 9.94. The van der Waals surface area contributed by atoms with Crippen LogP contribution in [0.25, 0.3) is 55.6 Å². The molecule has 32 heavy (non-hydrogen) atoms. The quantitative estimate of drug-likeness (QED) is 0.323. The summed E-state index contributed by atoms with van der Waals surface area (Å²) in [5, 5.41) is 12.8. The van der Waals surface area contributed by atoms with Gasteiger partial charge in [-0.15, -0.1) is 0 Å². The molecule has 0 aliphatic rings. The minimum Gasteiger partial charge on any atom is -0.507 e. The van der Waals surface area contributed by atoms with E-state index in [1.54, 1.807) is 6.07 Å². The molecular weight excluding hydrogens is 394 g/mol. The van der Waals surface area contributed by atoms with Gasteiger partial charge in [-0.05, 0) is 63.9 Å². The van der Waals surface area contributed by atoms with Gasteiger partial charge in [-0.25, -0.2) is 4.98 Å². The summed E-state index contributed by atoms with van der Waals surface area (Å²) in [5.74, 6) is 0.895. The lowest BCUT2D eigenvalue weighted by Gasteiger charge is -2.11. The molecule has 1 N–H and O–H groups in total. The van der Waals surface area contributed by atoms with Crippen molar-refractivity contribution in [2.24, 2.45) is 0 Å². The van der Waals surface area contributed by atoms with Gasteiger partial charge < -0.3 is 9.52 Å². The molecule has 0 radical (unpaired) electrons. The van der Waals surface area contributed by atoms with Crippen molar-refractivity contribution in [1.29, 1.82) is 0 Å². The molecule has 0 atom stereocenters.